The molecule has 14 heavy (non-hydrogen) atoms. The van der Waals surface area contributed by atoms with Crippen molar-refractivity contribution in [2.24, 2.45) is 0 Å². The van der Waals surface area contributed by atoms with Crippen LogP contribution < -0.4 is 0 Å². The molecule has 0 aliphatic rings. The Morgan fingerprint density at radius 3 is 1.93 bits per heavy atom. The highest BCUT2D eigenvalue weighted by Crippen LogP contribution is 2.01. The van der Waals surface area contributed by atoms with Crippen LogP contribution in [0.25, 0.3) is 0 Å². The predicted octanol–water partition coefficient (Wildman–Crippen LogP) is 2.91. The fourth-order valence-corrected chi connectivity index (χ4v) is 0.828. The van der Waals surface area contributed by atoms with E-state index in [0.29, 0.717) is 6.42 Å². The van der Waals surface area contributed by atoms with Gasteiger partial charge >= 0.3 is 0 Å². The molecule has 0 aliphatic heterocycles. The molecule has 0 aliphatic carbocycles. The molecule has 1 N–H and O–H groups in total. The Morgan fingerprint density at radius 2 is 1.57 bits per heavy atom. The summed E-state index contributed by atoms with van der Waals surface area (Å²) in [6, 6.07) is 9.34. The number of ketones is 1. The molecule has 0 atom stereocenters. The molecule has 0 radical (unpaired) electrons. The first-order chi connectivity index (χ1) is 6.84. The Kier molecular flexibility index (Phi) is 13.0. The number of aliphatic hydroxyl groups excluding tert-OH is 1. The van der Waals surface area contributed by atoms with Gasteiger partial charge in [-0.2, -0.15) is 0 Å². The minimum atomic E-state index is 0.209. The van der Waals surface area contributed by atoms with Crippen molar-refractivity contribution in [3.05, 3.63) is 35.9 Å². The van der Waals surface area contributed by atoms with Gasteiger partial charge in [-0.15, -0.1) is 0 Å². The van der Waals surface area contributed by atoms with Crippen molar-refractivity contribution in [1.82, 2.24) is 0 Å². The van der Waals surface area contributed by atoms with E-state index in [0.717, 1.165) is 12.7 Å². The maximum absolute atomic E-state index is 11.0. The molecule has 0 saturated carbocycles. The van der Waals surface area contributed by atoms with Gasteiger partial charge in [0.25, 0.3) is 0 Å². The van der Waals surface area contributed by atoms with Crippen molar-refractivity contribution in [2.75, 3.05) is 7.11 Å². The summed E-state index contributed by atoms with van der Waals surface area (Å²) in [6.07, 6.45) is 0.587. The molecule has 1 rings (SSSR count). The highest BCUT2D eigenvalue weighted by Gasteiger charge is 1.98. The van der Waals surface area contributed by atoms with E-state index in [1.54, 1.807) is 0 Å². The summed E-state index contributed by atoms with van der Waals surface area (Å²) in [7, 11) is 1.00. The predicted molar refractivity (Wildman–Crippen MR) is 60.6 cm³/mol. The number of rotatable bonds is 2. The van der Waals surface area contributed by atoms with Crippen LogP contribution in [0.4, 0.5) is 0 Å². The first kappa shape index (κ1) is 15.3. The molecule has 1 aromatic rings. The highest BCUT2D eigenvalue weighted by atomic mass is 16.2. The van der Waals surface area contributed by atoms with E-state index < -0.39 is 0 Å². The number of Topliss-reactive ketones (excluding diaryl/α,β-unsaturated/α-hetero) is 1. The summed E-state index contributed by atoms with van der Waals surface area (Å²) in [5.74, 6) is 0.209. The Morgan fingerprint density at radius 1 is 1.14 bits per heavy atom. The molecule has 2 heteroatoms. The molecule has 0 heterocycles. The van der Waals surface area contributed by atoms with Crippen LogP contribution >= 0.6 is 0 Å². The first-order valence-electron chi connectivity index (χ1n) is 4.87. The van der Waals surface area contributed by atoms with E-state index in [1.807, 2.05) is 51.1 Å². The second kappa shape index (κ2) is 11.8. The Bertz CT molecular complexity index is 217. The molecule has 1 aromatic carbocycles. The Hall–Kier alpha value is -1.15. The number of carbonyl (C=O) groups is 1. The molecular weight excluding hydrogens is 176 g/mol. The number of carbonyl (C=O) groups excluding carboxylic acids is 1. The standard InChI is InChI=1S/C9H10O.C2H6.CH4O/c1-2-9(10)8-6-4-3-5-7-8;2*1-2/h3-7H,2H2,1H3;1-2H3;2H,1H3. The third-order valence-electron chi connectivity index (χ3n) is 1.42. The van der Waals surface area contributed by atoms with Gasteiger partial charge in [-0.3, -0.25) is 4.79 Å². The Labute approximate surface area is 86.6 Å². The van der Waals surface area contributed by atoms with Crippen LogP contribution in [0.2, 0.25) is 0 Å². The van der Waals surface area contributed by atoms with E-state index in [2.05, 4.69) is 0 Å². The monoisotopic (exact) mass is 196 g/mol. The quantitative estimate of drug-likeness (QED) is 0.738. The molecule has 80 valence electrons. The van der Waals surface area contributed by atoms with Gasteiger partial charge in [0.05, 0.1) is 0 Å². The van der Waals surface area contributed by atoms with Crippen LogP contribution in [0.1, 0.15) is 37.6 Å². The smallest absolute Gasteiger partial charge is 0.162 e. The minimum absolute atomic E-state index is 0.209. The average molecular weight is 196 g/mol. The van der Waals surface area contributed by atoms with Crippen molar-refractivity contribution in [3.63, 3.8) is 0 Å². The van der Waals surface area contributed by atoms with Crippen molar-refractivity contribution in [3.8, 4) is 0 Å². The normalized spacial score (nSPS) is 7.50. The van der Waals surface area contributed by atoms with Gasteiger partial charge in [0.1, 0.15) is 0 Å². The van der Waals surface area contributed by atoms with Gasteiger partial charge in [0.15, 0.2) is 5.78 Å². The molecule has 0 unspecified atom stereocenters. The summed E-state index contributed by atoms with van der Waals surface area (Å²) in [5.41, 5.74) is 0.810. The lowest BCUT2D eigenvalue weighted by Gasteiger charge is -1.93. The van der Waals surface area contributed by atoms with Gasteiger partial charge in [-0.1, -0.05) is 51.1 Å². The minimum Gasteiger partial charge on any atom is -0.400 e. The fraction of sp³-hybridized carbons (Fsp3) is 0.417. The maximum Gasteiger partial charge on any atom is 0.162 e. The maximum atomic E-state index is 11.0. The van der Waals surface area contributed by atoms with Crippen molar-refractivity contribution in [1.29, 1.82) is 0 Å². The van der Waals surface area contributed by atoms with Gasteiger partial charge in [0, 0.05) is 19.1 Å². The summed E-state index contributed by atoms with van der Waals surface area (Å²) < 4.78 is 0. The molecule has 0 amide bonds. The van der Waals surface area contributed by atoms with Crippen LogP contribution in [0, 0.1) is 0 Å². The van der Waals surface area contributed by atoms with Crippen LogP contribution in [-0.2, 0) is 0 Å². The van der Waals surface area contributed by atoms with Gasteiger partial charge in [-0.25, -0.2) is 0 Å². The number of benzene rings is 1. The number of hydrogen-bond acceptors (Lipinski definition) is 2. The van der Waals surface area contributed by atoms with E-state index in [1.165, 1.54) is 0 Å². The van der Waals surface area contributed by atoms with Crippen molar-refractivity contribution in [2.45, 2.75) is 27.2 Å². The van der Waals surface area contributed by atoms with Crippen molar-refractivity contribution >= 4 is 5.78 Å². The van der Waals surface area contributed by atoms with Gasteiger partial charge in [-0.05, 0) is 0 Å². The fourth-order valence-electron chi connectivity index (χ4n) is 0.828. The van der Waals surface area contributed by atoms with Crippen LogP contribution in [0.15, 0.2) is 30.3 Å². The molecule has 0 saturated heterocycles. The summed E-state index contributed by atoms with van der Waals surface area (Å²) in [6.45, 7) is 5.87. The lowest BCUT2D eigenvalue weighted by Crippen LogP contribution is -1.94. The second-order valence-corrected chi connectivity index (χ2v) is 2.14. The summed E-state index contributed by atoms with van der Waals surface area (Å²) >= 11 is 0. The summed E-state index contributed by atoms with van der Waals surface area (Å²) in [5, 5.41) is 7.00. The van der Waals surface area contributed by atoms with E-state index >= 15 is 0 Å². The zero-order chi connectivity index (χ0) is 11.4. The van der Waals surface area contributed by atoms with Crippen LogP contribution in [-0.4, -0.2) is 18.0 Å². The third-order valence-corrected chi connectivity index (χ3v) is 1.42. The third kappa shape index (κ3) is 6.38. The average Bonchev–Trinajstić information content (AvgIpc) is 2.34. The van der Waals surface area contributed by atoms with E-state index in [4.69, 9.17) is 5.11 Å². The zero-order valence-electron chi connectivity index (χ0n) is 9.45. The number of hydrogen-bond donors (Lipinski definition) is 1. The lowest BCUT2D eigenvalue weighted by atomic mass is 10.1. The van der Waals surface area contributed by atoms with E-state index in [9.17, 15) is 4.79 Å². The lowest BCUT2D eigenvalue weighted by molar-refractivity contribution is 0.0988. The highest BCUT2D eigenvalue weighted by molar-refractivity contribution is 5.95. The largest absolute Gasteiger partial charge is 0.400 e. The molecule has 0 spiro atoms. The van der Waals surface area contributed by atoms with Gasteiger partial charge < -0.3 is 5.11 Å². The van der Waals surface area contributed by atoms with Crippen LogP contribution in [0.3, 0.4) is 0 Å². The summed E-state index contributed by atoms with van der Waals surface area (Å²) in [4.78, 5) is 11.0. The molecular formula is C12H20O2. The molecule has 0 aromatic heterocycles. The molecule has 0 fully saturated rings. The topological polar surface area (TPSA) is 37.3 Å². The molecule has 0 bridgehead atoms. The SMILES string of the molecule is CC.CCC(=O)c1ccccc1.CO. The van der Waals surface area contributed by atoms with Gasteiger partial charge in [0.2, 0.25) is 0 Å². The number of aliphatic hydroxyl groups is 1. The second-order valence-electron chi connectivity index (χ2n) is 2.14. The van der Waals surface area contributed by atoms with E-state index in [-0.39, 0.29) is 5.78 Å². The van der Waals surface area contributed by atoms with Crippen LogP contribution in [0.5, 0.6) is 0 Å². The molecule has 2 nitrogen and oxygen atoms in total. The first-order valence-corrected chi connectivity index (χ1v) is 4.87. The Balaban J connectivity index is 0. The zero-order valence-corrected chi connectivity index (χ0v) is 9.45. The van der Waals surface area contributed by atoms with Crippen molar-refractivity contribution < 1.29 is 9.90 Å².